The second-order valence-electron chi connectivity index (χ2n) is 8.14. The number of carbonyl (C=O) groups is 1. The van der Waals surface area contributed by atoms with Crippen molar-refractivity contribution >= 4 is 11.9 Å². The molecular weight excluding hydrogens is 434 g/mol. The largest absolute Gasteiger partial charge is 0.497 e. The molecule has 2 heterocycles. The molecule has 1 unspecified atom stereocenters. The van der Waals surface area contributed by atoms with Crippen molar-refractivity contribution in [1.82, 2.24) is 9.97 Å². The first kappa shape index (κ1) is 23.4. The highest BCUT2D eigenvalue weighted by Crippen LogP contribution is 2.40. The van der Waals surface area contributed by atoms with Gasteiger partial charge in [0.1, 0.15) is 17.2 Å². The molecule has 1 saturated heterocycles. The standard InChI is InChI=1S/C26H29N3O5/c1-32-18-9-6-17(7-10-18)8-13-22-21(25(30)31)16-27-26(28-22)29-14-4-5-23(29)20-12-11-19(33-2)15-24(20)34-3/h6-7,9-12,15-16,23H,4-5,8,13-14H2,1-3H3,(H,30,31). The molecule has 0 aliphatic carbocycles. The van der Waals surface area contributed by atoms with E-state index in [2.05, 4.69) is 9.88 Å². The van der Waals surface area contributed by atoms with E-state index in [1.807, 2.05) is 42.5 Å². The van der Waals surface area contributed by atoms with Crippen LogP contribution in [0.4, 0.5) is 5.95 Å². The van der Waals surface area contributed by atoms with Crippen LogP contribution in [0.2, 0.25) is 0 Å². The van der Waals surface area contributed by atoms with Crippen molar-refractivity contribution in [1.29, 1.82) is 0 Å². The van der Waals surface area contributed by atoms with Gasteiger partial charge in [-0.05, 0) is 55.5 Å². The molecule has 8 heteroatoms. The Hall–Kier alpha value is -3.81. The van der Waals surface area contributed by atoms with Crippen molar-refractivity contribution in [2.45, 2.75) is 31.7 Å². The lowest BCUT2D eigenvalue weighted by Crippen LogP contribution is -2.26. The summed E-state index contributed by atoms with van der Waals surface area (Å²) in [6.45, 7) is 0.782. The maximum Gasteiger partial charge on any atom is 0.339 e. The Morgan fingerprint density at radius 1 is 1.03 bits per heavy atom. The molecule has 0 spiro atoms. The highest BCUT2D eigenvalue weighted by atomic mass is 16.5. The number of carboxylic acid groups (broad SMARTS) is 1. The first-order valence-corrected chi connectivity index (χ1v) is 11.2. The SMILES string of the molecule is COc1ccc(CCc2nc(N3CCCC3c3ccc(OC)cc3OC)ncc2C(=O)O)cc1. The van der Waals surface area contributed by atoms with Crippen molar-refractivity contribution in [3.63, 3.8) is 0 Å². The van der Waals surface area contributed by atoms with Crippen LogP contribution < -0.4 is 19.1 Å². The fraction of sp³-hybridized carbons (Fsp3) is 0.346. The third-order valence-electron chi connectivity index (χ3n) is 6.20. The van der Waals surface area contributed by atoms with Crippen LogP contribution in [0.3, 0.4) is 0 Å². The van der Waals surface area contributed by atoms with Crippen molar-refractivity contribution in [3.8, 4) is 17.2 Å². The van der Waals surface area contributed by atoms with Crippen molar-refractivity contribution < 1.29 is 24.1 Å². The minimum atomic E-state index is -1.02. The van der Waals surface area contributed by atoms with Gasteiger partial charge in [-0.15, -0.1) is 0 Å². The van der Waals surface area contributed by atoms with Crippen molar-refractivity contribution in [3.05, 3.63) is 71.0 Å². The summed E-state index contributed by atoms with van der Waals surface area (Å²) in [5.41, 5.74) is 2.78. The van der Waals surface area contributed by atoms with E-state index in [1.54, 1.807) is 21.3 Å². The number of aryl methyl sites for hydroxylation is 2. The molecule has 1 fully saturated rings. The van der Waals surface area contributed by atoms with E-state index in [4.69, 9.17) is 19.2 Å². The van der Waals surface area contributed by atoms with E-state index >= 15 is 0 Å². The Balaban J connectivity index is 1.61. The van der Waals surface area contributed by atoms with Crippen LogP contribution in [-0.2, 0) is 12.8 Å². The average molecular weight is 464 g/mol. The van der Waals surface area contributed by atoms with E-state index in [0.717, 1.165) is 47.8 Å². The first-order valence-electron chi connectivity index (χ1n) is 11.2. The molecule has 3 aromatic rings. The molecule has 2 aromatic carbocycles. The maximum atomic E-state index is 11.8. The Kier molecular flexibility index (Phi) is 7.15. The number of anilines is 1. The summed E-state index contributed by atoms with van der Waals surface area (Å²) < 4.78 is 16.2. The van der Waals surface area contributed by atoms with Crippen molar-refractivity contribution in [2.75, 3.05) is 32.8 Å². The van der Waals surface area contributed by atoms with Gasteiger partial charge in [0.2, 0.25) is 5.95 Å². The van der Waals surface area contributed by atoms with E-state index in [9.17, 15) is 9.90 Å². The van der Waals surface area contributed by atoms with Crippen LogP contribution in [0.15, 0.2) is 48.7 Å². The van der Waals surface area contributed by atoms with Crippen LogP contribution in [0.25, 0.3) is 0 Å². The maximum absolute atomic E-state index is 11.8. The monoisotopic (exact) mass is 463 g/mol. The summed E-state index contributed by atoms with van der Waals surface area (Å²) in [6, 6.07) is 13.6. The molecule has 0 bridgehead atoms. The predicted molar refractivity (Wildman–Crippen MR) is 128 cm³/mol. The quantitative estimate of drug-likeness (QED) is 0.501. The molecule has 1 N–H and O–H groups in total. The fourth-order valence-electron chi connectivity index (χ4n) is 4.39. The first-order chi connectivity index (χ1) is 16.5. The molecule has 8 nitrogen and oxygen atoms in total. The summed E-state index contributed by atoms with van der Waals surface area (Å²) in [7, 11) is 4.90. The number of nitrogens with zero attached hydrogens (tertiary/aromatic N) is 3. The van der Waals surface area contributed by atoms with Gasteiger partial charge in [0.25, 0.3) is 0 Å². The van der Waals surface area contributed by atoms with Crippen LogP contribution in [0.1, 0.15) is 46.1 Å². The molecule has 0 amide bonds. The number of hydrogen-bond donors (Lipinski definition) is 1. The average Bonchev–Trinajstić information content (AvgIpc) is 3.36. The van der Waals surface area contributed by atoms with Crippen LogP contribution in [0, 0.1) is 0 Å². The molecule has 4 rings (SSSR count). The molecule has 0 saturated carbocycles. The van der Waals surface area contributed by atoms with Gasteiger partial charge in [0, 0.05) is 24.4 Å². The second-order valence-corrected chi connectivity index (χ2v) is 8.14. The Bertz CT molecular complexity index is 1150. The number of carboxylic acids is 1. The number of hydrogen-bond acceptors (Lipinski definition) is 7. The van der Waals surface area contributed by atoms with Gasteiger partial charge in [-0.25, -0.2) is 14.8 Å². The number of ether oxygens (including phenoxy) is 3. The van der Waals surface area contributed by atoms with Gasteiger partial charge in [-0.3, -0.25) is 0 Å². The van der Waals surface area contributed by atoms with Crippen molar-refractivity contribution in [2.24, 2.45) is 0 Å². The van der Waals surface area contributed by atoms with Crippen LogP contribution >= 0.6 is 0 Å². The summed E-state index contributed by atoms with van der Waals surface area (Å²) >= 11 is 0. The summed E-state index contributed by atoms with van der Waals surface area (Å²) in [6.07, 6.45) is 4.48. The van der Waals surface area contributed by atoms with Crippen LogP contribution in [0.5, 0.6) is 17.2 Å². The topological polar surface area (TPSA) is 94.0 Å². The molecule has 1 aliphatic heterocycles. The number of aromatic carboxylic acids is 1. The number of methoxy groups -OCH3 is 3. The normalized spacial score (nSPS) is 15.3. The third kappa shape index (κ3) is 4.90. The summed E-state index contributed by atoms with van der Waals surface area (Å²) in [5.74, 6) is 1.78. The minimum Gasteiger partial charge on any atom is -0.497 e. The van der Waals surface area contributed by atoms with E-state index < -0.39 is 5.97 Å². The third-order valence-corrected chi connectivity index (χ3v) is 6.20. The van der Waals surface area contributed by atoms with Gasteiger partial charge in [0.05, 0.1) is 38.6 Å². The van der Waals surface area contributed by atoms with Gasteiger partial charge in [-0.1, -0.05) is 12.1 Å². The zero-order valence-electron chi connectivity index (χ0n) is 19.7. The molecule has 1 atom stereocenters. The minimum absolute atomic E-state index is 0.0333. The Morgan fingerprint density at radius 3 is 2.44 bits per heavy atom. The highest BCUT2D eigenvalue weighted by molar-refractivity contribution is 5.88. The van der Waals surface area contributed by atoms with Crippen LogP contribution in [-0.4, -0.2) is 48.9 Å². The van der Waals surface area contributed by atoms with Gasteiger partial charge in [-0.2, -0.15) is 0 Å². The zero-order chi connectivity index (χ0) is 24.1. The number of benzene rings is 2. The van der Waals surface area contributed by atoms with Gasteiger partial charge < -0.3 is 24.2 Å². The van der Waals surface area contributed by atoms with Gasteiger partial charge in [0.15, 0.2) is 0 Å². The smallest absolute Gasteiger partial charge is 0.339 e. The molecule has 178 valence electrons. The Labute approximate surface area is 199 Å². The summed E-state index contributed by atoms with van der Waals surface area (Å²) in [5, 5.41) is 9.70. The lowest BCUT2D eigenvalue weighted by Gasteiger charge is -2.27. The number of aromatic nitrogens is 2. The second kappa shape index (κ2) is 10.4. The lowest BCUT2D eigenvalue weighted by molar-refractivity contribution is 0.0694. The summed E-state index contributed by atoms with van der Waals surface area (Å²) in [4.78, 5) is 23.1. The molecule has 1 aromatic heterocycles. The van der Waals surface area contributed by atoms with Gasteiger partial charge >= 0.3 is 5.97 Å². The van der Waals surface area contributed by atoms with E-state index in [-0.39, 0.29) is 11.6 Å². The highest BCUT2D eigenvalue weighted by Gasteiger charge is 2.31. The molecular formula is C26H29N3O5. The van der Waals surface area contributed by atoms with E-state index in [0.29, 0.717) is 24.5 Å². The zero-order valence-corrected chi connectivity index (χ0v) is 19.7. The molecule has 34 heavy (non-hydrogen) atoms. The fourth-order valence-corrected chi connectivity index (χ4v) is 4.39. The number of rotatable bonds is 9. The molecule has 0 radical (unpaired) electrons. The van der Waals surface area contributed by atoms with E-state index in [1.165, 1.54) is 6.20 Å². The lowest BCUT2D eigenvalue weighted by atomic mass is 10.0. The Morgan fingerprint density at radius 2 is 1.76 bits per heavy atom. The molecule has 1 aliphatic rings. The predicted octanol–water partition coefficient (Wildman–Crippen LogP) is 4.33.